The summed E-state index contributed by atoms with van der Waals surface area (Å²) in [5.74, 6) is 0.169. The van der Waals surface area contributed by atoms with Crippen LogP contribution in [0.4, 0.5) is 4.79 Å². The number of amides is 1. The fraction of sp³-hybridized carbons (Fsp3) is 0.529. The Kier molecular flexibility index (Phi) is 5.04. The van der Waals surface area contributed by atoms with Gasteiger partial charge in [-0.15, -0.1) is 0 Å². The third-order valence-corrected chi connectivity index (χ3v) is 3.64. The molecule has 1 aromatic rings. The number of likely N-dealkylation sites (tertiary alicyclic amines) is 1. The third kappa shape index (κ3) is 4.22. The average Bonchev–Trinajstić information content (AvgIpc) is 2.88. The van der Waals surface area contributed by atoms with Gasteiger partial charge in [0.15, 0.2) is 0 Å². The first-order chi connectivity index (χ1) is 10.4. The van der Waals surface area contributed by atoms with E-state index < -0.39 is 5.60 Å². The summed E-state index contributed by atoms with van der Waals surface area (Å²) in [7, 11) is 0. The molecule has 1 fully saturated rings. The van der Waals surface area contributed by atoms with Gasteiger partial charge < -0.3 is 9.64 Å². The molecule has 0 aromatic heterocycles. The fourth-order valence-corrected chi connectivity index (χ4v) is 2.70. The molecule has 1 amide bonds. The van der Waals surface area contributed by atoms with Crippen molar-refractivity contribution in [2.24, 2.45) is 0 Å². The molecule has 2 atom stereocenters. The van der Waals surface area contributed by atoms with Crippen LogP contribution in [0, 0.1) is 11.3 Å². The second-order valence-electron chi connectivity index (χ2n) is 6.55. The first-order valence-corrected chi connectivity index (χ1v) is 7.54. The van der Waals surface area contributed by atoms with Crippen LogP contribution in [0.5, 0.6) is 0 Å². The lowest BCUT2D eigenvalue weighted by Crippen LogP contribution is -2.38. The number of nitriles is 1. The molecule has 1 heterocycles. The lowest BCUT2D eigenvalue weighted by Gasteiger charge is -2.24. The Morgan fingerprint density at radius 3 is 2.64 bits per heavy atom. The summed E-state index contributed by atoms with van der Waals surface area (Å²) in [4.78, 5) is 14.0. The molecule has 118 valence electrons. The molecule has 0 spiro atoms. The molecule has 5 nitrogen and oxygen atoms in total. The Hall–Kier alpha value is -2.06. The number of hydrogen-bond donors (Lipinski definition) is 1. The van der Waals surface area contributed by atoms with Crippen LogP contribution in [0.3, 0.4) is 0 Å². The number of nitrogens with zero attached hydrogens (tertiary/aromatic N) is 2. The molecular weight excluding hydrogens is 278 g/mol. The monoisotopic (exact) mass is 301 g/mol. The van der Waals surface area contributed by atoms with Crippen molar-refractivity contribution in [3.05, 3.63) is 35.9 Å². The molecule has 0 radical (unpaired) electrons. The van der Waals surface area contributed by atoms with Crippen molar-refractivity contribution in [2.75, 3.05) is 19.6 Å². The number of rotatable bonds is 3. The van der Waals surface area contributed by atoms with Crippen molar-refractivity contribution >= 4 is 6.09 Å². The summed E-state index contributed by atoms with van der Waals surface area (Å²) in [6, 6.07) is 12.2. The lowest BCUT2D eigenvalue weighted by molar-refractivity contribution is 0.0289. The first kappa shape index (κ1) is 16.3. The van der Waals surface area contributed by atoms with Crippen molar-refractivity contribution in [3.8, 4) is 6.07 Å². The van der Waals surface area contributed by atoms with Gasteiger partial charge in [0.25, 0.3) is 0 Å². The van der Waals surface area contributed by atoms with Crippen LogP contribution in [-0.2, 0) is 4.74 Å². The minimum atomic E-state index is -0.502. The minimum absolute atomic E-state index is 0.0644. The van der Waals surface area contributed by atoms with E-state index in [1.807, 2.05) is 39.0 Å². The van der Waals surface area contributed by atoms with Gasteiger partial charge >= 0.3 is 6.09 Å². The predicted octanol–water partition coefficient (Wildman–Crippen LogP) is 2.50. The van der Waals surface area contributed by atoms with Gasteiger partial charge in [-0.05, 0) is 26.3 Å². The minimum Gasteiger partial charge on any atom is -0.444 e. The molecule has 0 aliphatic carbocycles. The zero-order chi connectivity index (χ0) is 16.2. The first-order valence-electron chi connectivity index (χ1n) is 7.54. The van der Waals surface area contributed by atoms with Gasteiger partial charge in [0.2, 0.25) is 0 Å². The van der Waals surface area contributed by atoms with Crippen LogP contribution in [0.15, 0.2) is 30.3 Å². The standard InChI is InChI=1S/C17H23N3O2/c1-17(2,3)22-16(21)20-11-14(13-7-5-4-6-8-13)15(12-20)19-10-9-18/h4-8,14-15,19H,10-12H2,1-3H3/t14-,15+/m0/s1. The summed E-state index contributed by atoms with van der Waals surface area (Å²) in [6.07, 6.45) is -0.297. The number of ether oxygens (including phenoxy) is 1. The number of hydrogen-bond acceptors (Lipinski definition) is 4. The Labute approximate surface area is 131 Å². The van der Waals surface area contributed by atoms with Gasteiger partial charge in [0.1, 0.15) is 5.60 Å². The highest BCUT2D eigenvalue weighted by Crippen LogP contribution is 2.28. The van der Waals surface area contributed by atoms with Crippen LogP contribution >= 0.6 is 0 Å². The number of carbonyl (C=O) groups is 1. The SMILES string of the molecule is CC(C)(C)OC(=O)N1C[C@@H](NCC#N)[C@H](c2ccccc2)C1. The summed E-state index contributed by atoms with van der Waals surface area (Å²) < 4.78 is 5.45. The Bertz CT molecular complexity index is 545. The lowest BCUT2D eigenvalue weighted by atomic mass is 9.94. The molecule has 1 aromatic carbocycles. The quantitative estimate of drug-likeness (QED) is 0.871. The normalized spacial score (nSPS) is 21.5. The summed E-state index contributed by atoms with van der Waals surface area (Å²) in [5, 5.41) is 12.0. The zero-order valence-electron chi connectivity index (χ0n) is 13.4. The summed E-state index contributed by atoms with van der Waals surface area (Å²) >= 11 is 0. The number of benzene rings is 1. The molecule has 1 aliphatic heterocycles. The maximum absolute atomic E-state index is 12.3. The van der Waals surface area contributed by atoms with Crippen molar-refractivity contribution < 1.29 is 9.53 Å². The van der Waals surface area contributed by atoms with E-state index in [0.29, 0.717) is 13.1 Å². The fourth-order valence-electron chi connectivity index (χ4n) is 2.70. The van der Waals surface area contributed by atoms with Crippen molar-refractivity contribution in [2.45, 2.75) is 38.3 Å². The van der Waals surface area contributed by atoms with Crippen molar-refractivity contribution in [1.29, 1.82) is 5.26 Å². The smallest absolute Gasteiger partial charge is 0.410 e. The Morgan fingerprint density at radius 2 is 2.05 bits per heavy atom. The van der Waals surface area contributed by atoms with Gasteiger partial charge in [0, 0.05) is 25.0 Å². The van der Waals surface area contributed by atoms with Gasteiger partial charge in [-0.25, -0.2) is 4.79 Å². The van der Waals surface area contributed by atoms with Crippen LogP contribution in [0.25, 0.3) is 0 Å². The van der Waals surface area contributed by atoms with Gasteiger partial charge in [0.05, 0.1) is 12.6 Å². The molecule has 1 saturated heterocycles. The van der Waals surface area contributed by atoms with Crippen LogP contribution < -0.4 is 5.32 Å². The van der Waals surface area contributed by atoms with E-state index in [0.717, 1.165) is 0 Å². The molecule has 1 N–H and O–H groups in total. The maximum atomic E-state index is 12.3. The van der Waals surface area contributed by atoms with E-state index >= 15 is 0 Å². The van der Waals surface area contributed by atoms with E-state index in [-0.39, 0.29) is 24.6 Å². The topological polar surface area (TPSA) is 65.4 Å². The van der Waals surface area contributed by atoms with Crippen LogP contribution in [0.1, 0.15) is 32.3 Å². The number of nitrogens with one attached hydrogen (secondary N) is 1. The highest BCUT2D eigenvalue weighted by molar-refractivity contribution is 5.69. The maximum Gasteiger partial charge on any atom is 0.410 e. The molecule has 0 unspecified atom stereocenters. The molecule has 22 heavy (non-hydrogen) atoms. The average molecular weight is 301 g/mol. The van der Waals surface area contributed by atoms with Crippen LogP contribution in [-0.4, -0.2) is 42.3 Å². The summed E-state index contributed by atoms with van der Waals surface area (Å²) in [5.41, 5.74) is 0.668. The van der Waals surface area contributed by atoms with Crippen molar-refractivity contribution in [1.82, 2.24) is 10.2 Å². The molecule has 5 heteroatoms. The highest BCUT2D eigenvalue weighted by atomic mass is 16.6. The predicted molar refractivity (Wildman–Crippen MR) is 84.4 cm³/mol. The second-order valence-corrected chi connectivity index (χ2v) is 6.55. The summed E-state index contributed by atoms with van der Waals surface area (Å²) in [6.45, 7) is 7.01. The third-order valence-electron chi connectivity index (χ3n) is 3.64. The van der Waals surface area contributed by atoms with Gasteiger partial charge in [-0.3, -0.25) is 5.32 Å². The van der Waals surface area contributed by atoms with Crippen LogP contribution in [0.2, 0.25) is 0 Å². The number of carbonyl (C=O) groups excluding carboxylic acids is 1. The molecule has 2 rings (SSSR count). The second kappa shape index (κ2) is 6.80. The van der Waals surface area contributed by atoms with E-state index in [1.165, 1.54) is 5.56 Å². The Morgan fingerprint density at radius 1 is 1.36 bits per heavy atom. The Balaban J connectivity index is 2.11. The highest BCUT2D eigenvalue weighted by Gasteiger charge is 2.37. The largest absolute Gasteiger partial charge is 0.444 e. The van der Waals surface area contributed by atoms with E-state index in [2.05, 4.69) is 23.5 Å². The molecule has 1 aliphatic rings. The van der Waals surface area contributed by atoms with E-state index in [4.69, 9.17) is 10.00 Å². The van der Waals surface area contributed by atoms with E-state index in [9.17, 15) is 4.79 Å². The van der Waals surface area contributed by atoms with E-state index in [1.54, 1.807) is 4.90 Å². The molecule has 0 bridgehead atoms. The molecule has 0 saturated carbocycles. The van der Waals surface area contributed by atoms with Gasteiger partial charge in [-0.1, -0.05) is 30.3 Å². The molecular formula is C17H23N3O2. The van der Waals surface area contributed by atoms with Gasteiger partial charge in [-0.2, -0.15) is 5.26 Å². The zero-order valence-corrected chi connectivity index (χ0v) is 13.4. The van der Waals surface area contributed by atoms with Crippen molar-refractivity contribution in [3.63, 3.8) is 0 Å².